The normalized spacial score (nSPS) is 14.0. The van der Waals surface area contributed by atoms with Crippen LogP contribution in [-0.4, -0.2) is 0 Å². The van der Waals surface area contributed by atoms with Gasteiger partial charge in [-0.15, -0.1) is 0 Å². The third kappa shape index (κ3) is 1.39. The minimum Gasteiger partial charge on any atom is -0.456 e. The van der Waals surface area contributed by atoms with Gasteiger partial charge < -0.3 is 4.42 Å². The summed E-state index contributed by atoms with van der Waals surface area (Å²) in [5.74, 6) is 0. The fourth-order valence-electron chi connectivity index (χ4n) is 2.37. The molecule has 84 valence electrons. The van der Waals surface area contributed by atoms with Gasteiger partial charge in [0, 0.05) is 16.0 Å². The van der Waals surface area contributed by atoms with Crippen LogP contribution in [0.1, 0.15) is 13.8 Å². The minimum absolute atomic E-state index is 0.957. The summed E-state index contributed by atoms with van der Waals surface area (Å²) in [6, 6.07) is 12.6. The summed E-state index contributed by atoms with van der Waals surface area (Å²) in [5.41, 5.74) is 1.95. The SMILES string of the molecule is C/C=c1\c(=C/C)oc2c1ccc1ccccc12. The molecule has 1 nitrogen and oxygen atoms in total. The Hall–Kier alpha value is -2.02. The Labute approximate surface area is 99.7 Å². The third-order valence-corrected chi connectivity index (χ3v) is 3.20. The Morgan fingerprint density at radius 2 is 1.71 bits per heavy atom. The van der Waals surface area contributed by atoms with Crippen molar-refractivity contribution in [1.82, 2.24) is 0 Å². The molecule has 0 amide bonds. The minimum atomic E-state index is 0.957. The zero-order chi connectivity index (χ0) is 11.8. The van der Waals surface area contributed by atoms with Gasteiger partial charge in [-0.05, 0) is 31.4 Å². The zero-order valence-electron chi connectivity index (χ0n) is 10.0. The predicted molar refractivity (Wildman–Crippen MR) is 73.2 cm³/mol. The summed E-state index contributed by atoms with van der Waals surface area (Å²) < 4.78 is 5.97. The zero-order valence-corrected chi connectivity index (χ0v) is 10.0. The molecule has 1 heterocycles. The molecule has 3 rings (SSSR count). The summed E-state index contributed by atoms with van der Waals surface area (Å²) in [7, 11) is 0. The lowest BCUT2D eigenvalue weighted by atomic mass is 10.1. The van der Waals surface area contributed by atoms with Crippen LogP contribution < -0.4 is 10.6 Å². The van der Waals surface area contributed by atoms with Gasteiger partial charge in [0.15, 0.2) is 0 Å². The van der Waals surface area contributed by atoms with Crippen molar-refractivity contribution in [3.8, 4) is 0 Å². The van der Waals surface area contributed by atoms with Gasteiger partial charge in [-0.2, -0.15) is 0 Å². The van der Waals surface area contributed by atoms with Crippen LogP contribution in [0.25, 0.3) is 33.9 Å². The first-order chi connectivity index (χ1) is 8.35. The van der Waals surface area contributed by atoms with Gasteiger partial charge in [-0.3, -0.25) is 0 Å². The summed E-state index contributed by atoms with van der Waals surface area (Å²) in [6.07, 6.45) is 4.13. The van der Waals surface area contributed by atoms with Gasteiger partial charge >= 0.3 is 0 Å². The summed E-state index contributed by atoms with van der Waals surface area (Å²) >= 11 is 0. The molecule has 0 aliphatic rings. The van der Waals surface area contributed by atoms with Crippen LogP contribution in [0.2, 0.25) is 0 Å². The molecule has 1 heteroatoms. The summed E-state index contributed by atoms with van der Waals surface area (Å²) in [4.78, 5) is 0. The van der Waals surface area contributed by atoms with Crippen molar-refractivity contribution in [3.63, 3.8) is 0 Å². The maximum Gasteiger partial charge on any atom is 0.143 e. The van der Waals surface area contributed by atoms with E-state index >= 15 is 0 Å². The molecule has 0 bridgehead atoms. The van der Waals surface area contributed by atoms with Crippen LogP contribution in [0.4, 0.5) is 0 Å². The van der Waals surface area contributed by atoms with Gasteiger partial charge in [0.1, 0.15) is 11.0 Å². The molecule has 3 aromatic rings. The molecule has 0 saturated carbocycles. The average molecular weight is 222 g/mol. The topological polar surface area (TPSA) is 13.1 Å². The van der Waals surface area contributed by atoms with Crippen LogP contribution in [0.3, 0.4) is 0 Å². The summed E-state index contributed by atoms with van der Waals surface area (Å²) in [6.45, 7) is 4.05. The van der Waals surface area contributed by atoms with E-state index in [1.807, 2.05) is 19.9 Å². The van der Waals surface area contributed by atoms with Crippen molar-refractivity contribution >= 4 is 33.9 Å². The lowest BCUT2D eigenvalue weighted by molar-refractivity contribution is 0.578. The largest absolute Gasteiger partial charge is 0.456 e. The Kier molecular flexibility index (Phi) is 2.25. The molecule has 0 aliphatic carbocycles. The molecule has 2 aromatic carbocycles. The van der Waals surface area contributed by atoms with Gasteiger partial charge in [-0.1, -0.05) is 36.4 Å². The fourth-order valence-corrected chi connectivity index (χ4v) is 2.37. The summed E-state index contributed by atoms with van der Waals surface area (Å²) in [5, 5.41) is 4.79. The van der Waals surface area contributed by atoms with E-state index < -0.39 is 0 Å². The van der Waals surface area contributed by atoms with Gasteiger partial charge in [0.25, 0.3) is 0 Å². The molecule has 0 spiro atoms. The van der Waals surface area contributed by atoms with E-state index in [1.54, 1.807) is 0 Å². The van der Waals surface area contributed by atoms with Crippen molar-refractivity contribution in [2.75, 3.05) is 0 Å². The lowest BCUT2D eigenvalue weighted by Gasteiger charge is -1.96. The molecule has 0 saturated heterocycles. The Balaban J connectivity index is 2.67. The van der Waals surface area contributed by atoms with Crippen molar-refractivity contribution in [1.29, 1.82) is 0 Å². The second-order valence-corrected chi connectivity index (χ2v) is 4.12. The van der Waals surface area contributed by atoms with Crippen LogP contribution in [0.5, 0.6) is 0 Å². The smallest absolute Gasteiger partial charge is 0.143 e. The van der Waals surface area contributed by atoms with E-state index in [1.165, 1.54) is 21.4 Å². The molecule has 1 aromatic heterocycles. The number of hydrogen-bond donors (Lipinski definition) is 0. The first-order valence-electron chi connectivity index (χ1n) is 5.88. The van der Waals surface area contributed by atoms with Crippen LogP contribution in [-0.2, 0) is 0 Å². The van der Waals surface area contributed by atoms with Crippen molar-refractivity contribution in [3.05, 3.63) is 47.0 Å². The fraction of sp³-hybridized carbons (Fsp3) is 0.125. The van der Waals surface area contributed by atoms with Gasteiger partial charge in [0.2, 0.25) is 0 Å². The van der Waals surface area contributed by atoms with Gasteiger partial charge in [0.05, 0.1) is 0 Å². The highest BCUT2D eigenvalue weighted by Crippen LogP contribution is 2.22. The first kappa shape index (κ1) is 10.2. The van der Waals surface area contributed by atoms with Crippen molar-refractivity contribution in [2.45, 2.75) is 13.8 Å². The van der Waals surface area contributed by atoms with E-state index in [-0.39, 0.29) is 0 Å². The Morgan fingerprint density at radius 1 is 0.882 bits per heavy atom. The third-order valence-electron chi connectivity index (χ3n) is 3.20. The monoisotopic (exact) mass is 222 g/mol. The highest BCUT2D eigenvalue weighted by molar-refractivity contribution is 6.04. The van der Waals surface area contributed by atoms with Crippen molar-refractivity contribution in [2.24, 2.45) is 0 Å². The Bertz CT molecular complexity index is 807. The molecular formula is C16H14O. The standard InChI is InChI=1S/C16H14O/c1-3-12-14-10-9-11-7-5-6-8-13(11)16(14)17-15(12)4-2/h3-10H,1-2H3/b12-3-,15-4+. The van der Waals surface area contributed by atoms with E-state index in [0.717, 1.165) is 11.0 Å². The average Bonchev–Trinajstić information content (AvgIpc) is 2.76. The molecule has 17 heavy (non-hydrogen) atoms. The lowest BCUT2D eigenvalue weighted by Crippen LogP contribution is -2.18. The molecule has 0 aliphatic heterocycles. The second-order valence-electron chi connectivity index (χ2n) is 4.12. The van der Waals surface area contributed by atoms with Crippen LogP contribution in [0, 0.1) is 0 Å². The number of hydrogen-bond acceptors (Lipinski definition) is 1. The quantitative estimate of drug-likeness (QED) is 0.569. The van der Waals surface area contributed by atoms with E-state index in [9.17, 15) is 0 Å². The number of furan rings is 1. The molecule has 0 unspecified atom stereocenters. The second kappa shape index (κ2) is 3.77. The number of fused-ring (bicyclic) bond motifs is 3. The molecule has 0 N–H and O–H groups in total. The maximum absolute atomic E-state index is 5.97. The maximum atomic E-state index is 5.97. The van der Waals surface area contributed by atoms with Gasteiger partial charge in [-0.25, -0.2) is 0 Å². The Morgan fingerprint density at radius 3 is 2.47 bits per heavy atom. The van der Waals surface area contributed by atoms with Crippen molar-refractivity contribution < 1.29 is 4.42 Å². The molecule has 0 radical (unpaired) electrons. The van der Waals surface area contributed by atoms with E-state index in [4.69, 9.17) is 4.42 Å². The number of rotatable bonds is 0. The number of benzene rings is 2. The van der Waals surface area contributed by atoms with E-state index in [0.29, 0.717) is 0 Å². The van der Waals surface area contributed by atoms with E-state index in [2.05, 4.69) is 42.5 Å². The molecular weight excluding hydrogens is 208 g/mol. The predicted octanol–water partition coefficient (Wildman–Crippen LogP) is 3.19. The highest BCUT2D eigenvalue weighted by Gasteiger charge is 2.05. The van der Waals surface area contributed by atoms with Crippen LogP contribution in [0.15, 0.2) is 40.8 Å². The molecule has 0 fully saturated rings. The first-order valence-corrected chi connectivity index (χ1v) is 5.88. The highest BCUT2D eigenvalue weighted by atomic mass is 16.3. The van der Waals surface area contributed by atoms with Crippen LogP contribution >= 0.6 is 0 Å². The molecule has 0 atom stereocenters.